The molecule has 2 aliphatic rings. The number of rotatable bonds is 4. The minimum Gasteiger partial charge on any atom is -0.298 e. The molecule has 1 aliphatic heterocycles. The third-order valence-electron chi connectivity index (χ3n) is 5.86. The smallest absolute Gasteiger partial charge is 0.169 e. The SMILES string of the molecule is CC(C)[C@@H](c1nnnn1C(C)(C)C)N1CCN(C2CCCCC2)CC1. The van der Waals surface area contributed by atoms with E-state index >= 15 is 0 Å². The van der Waals surface area contributed by atoms with E-state index in [4.69, 9.17) is 0 Å². The van der Waals surface area contributed by atoms with E-state index in [-0.39, 0.29) is 5.54 Å². The van der Waals surface area contributed by atoms with Gasteiger partial charge in [-0.1, -0.05) is 33.1 Å². The van der Waals surface area contributed by atoms with Crippen LogP contribution >= 0.6 is 0 Å². The Balaban J connectivity index is 1.70. The number of hydrogen-bond donors (Lipinski definition) is 0. The van der Waals surface area contributed by atoms with Gasteiger partial charge in [0.25, 0.3) is 0 Å². The quantitative estimate of drug-likeness (QED) is 0.837. The van der Waals surface area contributed by atoms with Crippen molar-refractivity contribution in [2.45, 2.75) is 84.3 Å². The summed E-state index contributed by atoms with van der Waals surface area (Å²) in [5.74, 6) is 1.52. The minimum absolute atomic E-state index is 0.0874. The Bertz CT molecular complexity index is 532. The lowest BCUT2D eigenvalue weighted by Gasteiger charge is -2.44. The zero-order valence-corrected chi connectivity index (χ0v) is 16.8. The summed E-state index contributed by atoms with van der Waals surface area (Å²) in [6.45, 7) is 15.7. The molecule has 1 saturated carbocycles. The number of nitrogens with zero attached hydrogens (tertiary/aromatic N) is 6. The van der Waals surface area contributed by atoms with Crippen LogP contribution in [0.5, 0.6) is 0 Å². The lowest BCUT2D eigenvalue weighted by atomic mass is 9.93. The molecule has 1 aliphatic carbocycles. The maximum absolute atomic E-state index is 4.43. The first-order valence-electron chi connectivity index (χ1n) is 10.1. The minimum atomic E-state index is -0.0874. The fraction of sp³-hybridized carbons (Fsp3) is 0.947. The summed E-state index contributed by atoms with van der Waals surface area (Å²) in [6, 6.07) is 1.12. The number of piperazine rings is 1. The molecule has 0 amide bonds. The summed E-state index contributed by atoms with van der Waals surface area (Å²) in [4.78, 5) is 5.34. The van der Waals surface area contributed by atoms with Crippen LogP contribution in [0, 0.1) is 5.92 Å². The second kappa shape index (κ2) is 7.70. The third-order valence-corrected chi connectivity index (χ3v) is 5.86. The number of hydrogen-bond acceptors (Lipinski definition) is 5. The predicted octanol–water partition coefficient (Wildman–Crippen LogP) is 3.08. The van der Waals surface area contributed by atoms with Gasteiger partial charge < -0.3 is 0 Å². The van der Waals surface area contributed by atoms with E-state index in [2.05, 4.69) is 59.9 Å². The molecule has 25 heavy (non-hydrogen) atoms. The highest BCUT2D eigenvalue weighted by molar-refractivity contribution is 4.99. The molecular formula is C19H36N6. The molecule has 6 nitrogen and oxygen atoms in total. The van der Waals surface area contributed by atoms with Crippen LogP contribution in [-0.4, -0.2) is 62.2 Å². The van der Waals surface area contributed by atoms with Crippen LogP contribution in [-0.2, 0) is 5.54 Å². The van der Waals surface area contributed by atoms with Crippen molar-refractivity contribution < 1.29 is 0 Å². The Morgan fingerprint density at radius 2 is 1.60 bits per heavy atom. The Hall–Kier alpha value is -1.01. The molecule has 1 saturated heterocycles. The van der Waals surface area contributed by atoms with Crippen LogP contribution in [0.1, 0.15) is 78.6 Å². The zero-order valence-electron chi connectivity index (χ0n) is 16.8. The average molecular weight is 349 g/mol. The fourth-order valence-corrected chi connectivity index (χ4v) is 4.57. The lowest BCUT2D eigenvalue weighted by Crippen LogP contribution is -2.52. The maximum atomic E-state index is 4.43. The van der Waals surface area contributed by atoms with Gasteiger partial charge in [0.2, 0.25) is 0 Å². The summed E-state index contributed by atoms with van der Waals surface area (Å²) in [7, 11) is 0. The number of aromatic nitrogens is 4. The summed E-state index contributed by atoms with van der Waals surface area (Å²) < 4.78 is 2.02. The summed E-state index contributed by atoms with van der Waals surface area (Å²) in [5, 5.41) is 12.7. The maximum Gasteiger partial charge on any atom is 0.169 e. The Labute approximate surface area is 152 Å². The molecule has 0 N–H and O–H groups in total. The highest BCUT2D eigenvalue weighted by Gasteiger charge is 2.35. The van der Waals surface area contributed by atoms with E-state index in [1.54, 1.807) is 0 Å². The lowest BCUT2D eigenvalue weighted by molar-refractivity contribution is 0.0378. The molecule has 6 heteroatoms. The molecule has 0 bridgehead atoms. The summed E-state index contributed by atoms with van der Waals surface area (Å²) >= 11 is 0. The molecule has 0 radical (unpaired) electrons. The molecular weight excluding hydrogens is 312 g/mol. The van der Waals surface area contributed by atoms with Crippen LogP contribution in [0.2, 0.25) is 0 Å². The molecule has 2 fully saturated rings. The van der Waals surface area contributed by atoms with Crippen molar-refractivity contribution in [3.8, 4) is 0 Å². The molecule has 0 aromatic carbocycles. The van der Waals surface area contributed by atoms with Gasteiger partial charge in [-0.05, 0) is 50.0 Å². The standard InChI is InChI=1S/C19H36N6/c1-15(2)17(18-20-21-22-25(18)19(3,4)5)24-13-11-23(12-14-24)16-9-7-6-8-10-16/h15-17H,6-14H2,1-5H3/t17-/m0/s1. The van der Waals surface area contributed by atoms with Crippen molar-refractivity contribution in [3.63, 3.8) is 0 Å². The van der Waals surface area contributed by atoms with Crippen molar-refractivity contribution in [1.29, 1.82) is 0 Å². The Morgan fingerprint density at radius 1 is 0.960 bits per heavy atom. The van der Waals surface area contributed by atoms with E-state index < -0.39 is 0 Å². The summed E-state index contributed by atoms with van der Waals surface area (Å²) in [6.07, 6.45) is 7.06. The molecule has 0 spiro atoms. The largest absolute Gasteiger partial charge is 0.298 e. The number of tetrazole rings is 1. The van der Waals surface area contributed by atoms with Gasteiger partial charge in [0.15, 0.2) is 5.82 Å². The highest BCUT2D eigenvalue weighted by atomic mass is 15.6. The first-order valence-corrected chi connectivity index (χ1v) is 10.1. The molecule has 3 rings (SSSR count). The van der Waals surface area contributed by atoms with Crippen LogP contribution in [0.4, 0.5) is 0 Å². The van der Waals surface area contributed by atoms with Crippen LogP contribution in [0.15, 0.2) is 0 Å². The van der Waals surface area contributed by atoms with E-state index in [0.717, 1.165) is 25.0 Å². The van der Waals surface area contributed by atoms with Gasteiger partial charge in [-0.2, -0.15) is 0 Å². The van der Waals surface area contributed by atoms with Crippen LogP contribution in [0.3, 0.4) is 0 Å². The second-order valence-electron chi connectivity index (χ2n) is 9.17. The first kappa shape index (κ1) is 18.8. The van der Waals surface area contributed by atoms with E-state index in [0.29, 0.717) is 12.0 Å². The van der Waals surface area contributed by atoms with Gasteiger partial charge in [-0.25, -0.2) is 4.68 Å². The van der Waals surface area contributed by atoms with Gasteiger partial charge in [-0.15, -0.1) is 5.10 Å². The Morgan fingerprint density at radius 3 is 2.16 bits per heavy atom. The van der Waals surface area contributed by atoms with Gasteiger partial charge in [0.05, 0.1) is 11.6 Å². The van der Waals surface area contributed by atoms with Crippen molar-refractivity contribution >= 4 is 0 Å². The van der Waals surface area contributed by atoms with Crippen molar-refractivity contribution in [2.75, 3.05) is 26.2 Å². The van der Waals surface area contributed by atoms with Gasteiger partial charge >= 0.3 is 0 Å². The molecule has 1 atom stereocenters. The van der Waals surface area contributed by atoms with Crippen molar-refractivity contribution in [1.82, 2.24) is 30.0 Å². The van der Waals surface area contributed by atoms with Crippen molar-refractivity contribution in [3.05, 3.63) is 5.82 Å². The molecule has 0 unspecified atom stereocenters. The van der Waals surface area contributed by atoms with E-state index in [1.165, 1.54) is 45.2 Å². The van der Waals surface area contributed by atoms with Crippen LogP contribution < -0.4 is 0 Å². The van der Waals surface area contributed by atoms with Crippen molar-refractivity contribution in [2.24, 2.45) is 5.92 Å². The normalized spacial score (nSPS) is 23.3. The van der Waals surface area contributed by atoms with Gasteiger partial charge in [0.1, 0.15) is 0 Å². The monoisotopic (exact) mass is 348 g/mol. The third kappa shape index (κ3) is 4.22. The molecule has 1 aromatic rings. The second-order valence-corrected chi connectivity index (χ2v) is 9.17. The summed E-state index contributed by atoms with van der Waals surface area (Å²) in [5.41, 5.74) is -0.0874. The molecule has 142 valence electrons. The Kier molecular flexibility index (Phi) is 5.78. The molecule has 1 aromatic heterocycles. The zero-order chi connectivity index (χ0) is 18.0. The predicted molar refractivity (Wildman–Crippen MR) is 100 cm³/mol. The molecule has 2 heterocycles. The van der Waals surface area contributed by atoms with Crippen LogP contribution in [0.25, 0.3) is 0 Å². The average Bonchev–Trinajstić information content (AvgIpc) is 3.06. The topological polar surface area (TPSA) is 50.1 Å². The van der Waals surface area contributed by atoms with E-state index in [1.807, 2.05) is 4.68 Å². The first-order chi connectivity index (χ1) is 11.9. The van der Waals surface area contributed by atoms with Gasteiger partial charge in [-0.3, -0.25) is 9.80 Å². The van der Waals surface area contributed by atoms with E-state index in [9.17, 15) is 0 Å². The fourth-order valence-electron chi connectivity index (χ4n) is 4.57. The highest BCUT2D eigenvalue weighted by Crippen LogP contribution is 2.31. The van der Waals surface area contributed by atoms with Gasteiger partial charge in [0, 0.05) is 32.2 Å².